The minimum atomic E-state index is -2.94. The van der Waals surface area contributed by atoms with Crippen molar-refractivity contribution in [2.45, 2.75) is 33.9 Å². The first-order valence-electron chi connectivity index (χ1n) is 8.13. The summed E-state index contributed by atoms with van der Waals surface area (Å²) >= 11 is 0. The van der Waals surface area contributed by atoms with Crippen LogP contribution in [0.1, 0.15) is 26.3 Å². The summed E-state index contributed by atoms with van der Waals surface area (Å²) in [7, 11) is 1.48. The molecular formula is C17H26F2N4O3. The number of carbonyl (C=O) groups is 1. The van der Waals surface area contributed by atoms with Crippen molar-refractivity contribution in [2.75, 3.05) is 20.2 Å². The molecule has 4 N–H and O–H groups in total. The van der Waals surface area contributed by atoms with Crippen LogP contribution in [0.3, 0.4) is 0 Å². The second-order valence-electron chi connectivity index (χ2n) is 6.15. The molecule has 7 nitrogen and oxygen atoms in total. The molecule has 1 amide bonds. The number of guanidine groups is 1. The minimum Gasteiger partial charge on any atom is -0.497 e. The summed E-state index contributed by atoms with van der Waals surface area (Å²) < 4.78 is 34.8. The van der Waals surface area contributed by atoms with Crippen LogP contribution in [0.25, 0.3) is 0 Å². The molecule has 0 heterocycles. The maximum atomic E-state index is 12.6. The van der Waals surface area contributed by atoms with Crippen LogP contribution in [0.15, 0.2) is 23.2 Å². The average molecular weight is 372 g/mol. The van der Waals surface area contributed by atoms with E-state index in [1.807, 2.05) is 6.92 Å². The Bertz CT molecular complexity index is 636. The van der Waals surface area contributed by atoms with Crippen LogP contribution in [-0.2, 0) is 11.3 Å². The Hall–Kier alpha value is -2.58. The number of hydrogen-bond acceptors (Lipinski definition) is 4. The quantitative estimate of drug-likeness (QED) is 0.454. The minimum absolute atomic E-state index is 0.0258. The van der Waals surface area contributed by atoms with Crippen LogP contribution in [0.4, 0.5) is 8.78 Å². The van der Waals surface area contributed by atoms with Gasteiger partial charge in [-0.15, -0.1) is 0 Å². The van der Waals surface area contributed by atoms with E-state index in [9.17, 15) is 13.6 Å². The van der Waals surface area contributed by atoms with E-state index in [1.54, 1.807) is 19.9 Å². The standard InChI is InChI=1S/C17H26F2N4O3/c1-5-21-16(23-10-17(2,3)14(20)24)22-9-11-8-12(25-4)6-7-13(11)26-15(18)19/h6-8,15H,5,9-10H2,1-4H3,(H2,20,24)(H2,21,22,23). The third-order valence-corrected chi connectivity index (χ3v) is 3.60. The number of alkyl halides is 2. The molecule has 0 atom stereocenters. The Labute approximate surface area is 152 Å². The molecule has 0 bridgehead atoms. The van der Waals surface area contributed by atoms with Crippen molar-refractivity contribution < 1.29 is 23.0 Å². The predicted octanol–water partition coefficient (Wildman–Crippen LogP) is 1.86. The van der Waals surface area contributed by atoms with Gasteiger partial charge in [0.1, 0.15) is 11.5 Å². The van der Waals surface area contributed by atoms with Crippen LogP contribution in [-0.4, -0.2) is 38.7 Å². The smallest absolute Gasteiger partial charge is 0.387 e. The lowest BCUT2D eigenvalue weighted by atomic mass is 9.93. The first-order valence-corrected chi connectivity index (χ1v) is 8.13. The number of amides is 1. The normalized spacial score (nSPS) is 12.0. The topological polar surface area (TPSA) is 98.0 Å². The van der Waals surface area contributed by atoms with E-state index in [-0.39, 0.29) is 18.8 Å². The van der Waals surface area contributed by atoms with Gasteiger partial charge in [-0.05, 0) is 39.0 Å². The number of hydrogen-bond donors (Lipinski definition) is 3. The van der Waals surface area contributed by atoms with Gasteiger partial charge in [0, 0.05) is 18.7 Å². The van der Waals surface area contributed by atoms with Gasteiger partial charge in [-0.1, -0.05) is 0 Å². The lowest BCUT2D eigenvalue weighted by Crippen LogP contribution is -2.46. The van der Waals surface area contributed by atoms with Crippen LogP contribution >= 0.6 is 0 Å². The van der Waals surface area contributed by atoms with Crippen LogP contribution in [0.2, 0.25) is 0 Å². The zero-order valence-corrected chi connectivity index (χ0v) is 15.4. The van der Waals surface area contributed by atoms with Gasteiger partial charge < -0.3 is 25.8 Å². The summed E-state index contributed by atoms with van der Waals surface area (Å²) in [5.74, 6) is 0.511. The molecule has 0 radical (unpaired) electrons. The van der Waals surface area contributed by atoms with E-state index < -0.39 is 17.9 Å². The van der Waals surface area contributed by atoms with Gasteiger partial charge in [-0.2, -0.15) is 8.78 Å². The second-order valence-corrected chi connectivity index (χ2v) is 6.15. The number of rotatable bonds is 9. The first kappa shape index (κ1) is 21.5. The number of nitrogens with one attached hydrogen (secondary N) is 2. The number of carbonyl (C=O) groups excluding carboxylic acids is 1. The summed E-state index contributed by atoms with van der Waals surface area (Å²) in [6.07, 6.45) is 0. The zero-order valence-electron chi connectivity index (χ0n) is 15.4. The number of nitrogens with zero attached hydrogens (tertiary/aromatic N) is 1. The highest BCUT2D eigenvalue weighted by Crippen LogP contribution is 2.26. The van der Waals surface area contributed by atoms with E-state index in [0.29, 0.717) is 23.8 Å². The van der Waals surface area contributed by atoms with Crippen molar-refractivity contribution in [1.82, 2.24) is 10.6 Å². The SMILES string of the molecule is CCNC(=NCc1cc(OC)ccc1OC(F)F)NCC(C)(C)C(N)=O. The largest absolute Gasteiger partial charge is 0.497 e. The second kappa shape index (κ2) is 9.79. The van der Waals surface area contributed by atoms with Crippen molar-refractivity contribution in [3.63, 3.8) is 0 Å². The summed E-state index contributed by atoms with van der Waals surface area (Å²) in [5, 5.41) is 6.04. The third-order valence-electron chi connectivity index (χ3n) is 3.60. The molecule has 26 heavy (non-hydrogen) atoms. The fourth-order valence-corrected chi connectivity index (χ4v) is 1.92. The highest BCUT2D eigenvalue weighted by atomic mass is 19.3. The molecular weight excluding hydrogens is 346 g/mol. The van der Waals surface area contributed by atoms with Gasteiger partial charge in [0.15, 0.2) is 5.96 Å². The maximum absolute atomic E-state index is 12.6. The van der Waals surface area contributed by atoms with E-state index in [1.165, 1.54) is 19.2 Å². The molecule has 0 aliphatic heterocycles. The molecule has 1 rings (SSSR count). The number of aliphatic imine (C=N–C) groups is 1. The van der Waals surface area contributed by atoms with E-state index in [0.717, 1.165) is 0 Å². The molecule has 0 spiro atoms. The van der Waals surface area contributed by atoms with Crippen molar-refractivity contribution in [3.05, 3.63) is 23.8 Å². The van der Waals surface area contributed by atoms with Crippen molar-refractivity contribution in [1.29, 1.82) is 0 Å². The van der Waals surface area contributed by atoms with Crippen LogP contribution in [0, 0.1) is 5.41 Å². The van der Waals surface area contributed by atoms with E-state index >= 15 is 0 Å². The van der Waals surface area contributed by atoms with Gasteiger partial charge >= 0.3 is 6.61 Å². The molecule has 0 aromatic heterocycles. The molecule has 9 heteroatoms. The molecule has 1 aromatic rings. The number of benzene rings is 1. The number of methoxy groups -OCH3 is 1. The molecule has 1 aromatic carbocycles. The molecule has 146 valence electrons. The zero-order chi connectivity index (χ0) is 19.7. The Morgan fingerprint density at radius 2 is 2.04 bits per heavy atom. The summed E-state index contributed by atoms with van der Waals surface area (Å²) in [6, 6.07) is 4.52. The van der Waals surface area contributed by atoms with Gasteiger partial charge in [0.25, 0.3) is 0 Å². The monoisotopic (exact) mass is 372 g/mol. The summed E-state index contributed by atoms with van der Waals surface area (Å²) in [4.78, 5) is 15.8. The maximum Gasteiger partial charge on any atom is 0.387 e. The highest BCUT2D eigenvalue weighted by Gasteiger charge is 2.25. The molecule has 0 unspecified atom stereocenters. The van der Waals surface area contributed by atoms with Crippen molar-refractivity contribution in [3.8, 4) is 11.5 Å². The van der Waals surface area contributed by atoms with E-state index in [2.05, 4.69) is 20.4 Å². The Balaban J connectivity index is 2.96. The van der Waals surface area contributed by atoms with Gasteiger partial charge in [0.2, 0.25) is 5.91 Å². The van der Waals surface area contributed by atoms with Crippen molar-refractivity contribution in [2.24, 2.45) is 16.1 Å². The lowest BCUT2D eigenvalue weighted by Gasteiger charge is -2.22. The third kappa shape index (κ3) is 6.73. The predicted molar refractivity (Wildman–Crippen MR) is 95.4 cm³/mol. The van der Waals surface area contributed by atoms with Crippen LogP contribution < -0.4 is 25.8 Å². The number of ether oxygens (including phenoxy) is 2. The Morgan fingerprint density at radius 3 is 2.58 bits per heavy atom. The molecule has 0 saturated carbocycles. The molecule has 0 saturated heterocycles. The molecule has 0 aliphatic rings. The highest BCUT2D eigenvalue weighted by molar-refractivity contribution is 5.83. The van der Waals surface area contributed by atoms with Gasteiger partial charge in [-0.25, -0.2) is 4.99 Å². The van der Waals surface area contributed by atoms with Gasteiger partial charge in [0.05, 0.1) is 19.1 Å². The number of primary amides is 1. The van der Waals surface area contributed by atoms with Crippen molar-refractivity contribution >= 4 is 11.9 Å². The Morgan fingerprint density at radius 1 is 1.35 bits per heavy atom. The Kier molecular flexibility index (Phi) is 8.08. The first-order chi connectivity index (χ1) is 12.2. The number of nitrogens with two attached hydrogens (primary N) is 1. The molecule has 0 aliphatic carbocycles. The number of halogens is 2. The summed E-state index contributed by atoms with van der Waals surface area (Å²) in [5.41, 5.74) is 5.03. The molecule has 0 fully saturated rings. The average Bonchev–Trinajstić information content (AvgIpc) is 2.57. The van der Waals surface area contributed by atoms with Crippen LogP contribution in [0.5, 0.6) is 11.5 Å². The lowest BCUT2D eigenvalue weighted by molar-refractivity contribution is -0.125. The summed E-state index contributed by atoms with van der Waals surface area (Å²) in [6.45, 7) is 3.30. The fourth-order valence-electron chi connectivity index (χ4n) is 1.92. The van der Waals surface area contributed by atoms with Gasteiger partial charge in [-0.3, -0.25) is 4.79 Å². The van der Waals surface area contributed by atoms with E-state index in [4.69, 9.17) is 10.5 Å². The fraction of sp³-hybridized carbons (Fsp3) is 0.529.